The molecule has 0 aliphatic heterocycles. The zero-order valence-corrected chi connectivity index (χ0v) is 8.01. The van der Waals surface area contributed by atoms with E-state index in [9.17, 15) is 0 Å². The molecule has 5 heteroatoms. The molecule has 2 heterocycles. The van der Waals surface area contributed by atoms with Gasteiger partial charge in [0.1, 0.15) is 4.83 Å². The van der Waals surface area contributed by atoms with E-state index in [2.05, 4.69) is 10.3 Å². The highest BCUT2D eigenvalue weighted by atomic mass is 35.5. The predicted octanol–water partition coefficient (Wildman–Crippen LogP) is 2.60. The van der Waals surface area contributed by atoms with E-state index < -0.39 is 0 Å². The summed E-state index contributed by atoms with van der Waals surface area (Å²) in [6, 6.07) is 5.75. The van der Waals surface area contributed by atoms with E-state index in [4.69, 9.17) is 11.6 Å². The molecule has 0 amide bonds. The van der Waals surface area contributed by atoms with Crippen molar-refractivity contribution in [1.82, 2.24) is 14.8 Å². The van der Waals surface area contributed by atoms with Crippen LogP contribution in [0.5, 0.6) is 0 Å². The van der Waals surface area contributed by atoms with Gasteiger partial charge in [-0.05, 0) is 18.2 Å². The van der Waals surface area contributed by atoms with Crippen LogP contribution >= 0.6 is 22.9 Å². The Bertz CT molecular complexity index is 583. The molecule has 0 atom stereocenters. The van der Waals surface area contributed by atoms with Crippen molar-refractivity contribution in [3.63, 3.8) is 0 Å². The molecule has 0 saturated carbocycles. The Hall–Kier alpha value is -1.13. The number of thiazole rings is 1. The molecule has 0 saturated heterocycles. The second-order valence-electron chi connectivity index (χ2n) is 2.70. The van der Waals surface area contributed by atoms with Crippen LogP contribution in [0.1, 0.15) is 0 Å². The van der Waals surface area contributed by atoms with Crippen LogP contribution in [0.3, 0.4) is 0 Å². The average Bonchev–Trinajstić information content (AvgIpc) is 2.62. The van der Waals surface area contributed by atoms with Crippen LogP contribution in [0, 0.1) is 0 Å². The first-order valence-corrected chi connectivity index (χ1v) is 4.92. The molecule has 3 rings (SSSR count). The average molecular weight is 210 g/mol. The summed E-state index contributed by atoms with van der Waals surface area (Å²) in [5, 5.41) is 8.55. The van der Waals surface area contributed by atoms with Crippen molar-refractivity contribution < 1.29 is 0 Å². The maximum Gasteiger partial charge on any atom is 0.140 e. The number of hydrogen-bond donors (Lipinski definition) is 0. The van der Waals surface area contributed by atoms with Crippen molar-refractivity contribution in [3.05, 3.63) is 29.4 Å². The summed E-state index contributed by atoms with van der Waals surface area (Å²) >= 11 is 7.51. The second kappa shape index (κ2) is 2.43. The zero-order chi connectivity index (χ0) is 8.84. The van der Waals surface area contributed by atoms with Crippen molar-refractivity contribution in [2.45, 2.75) is 0 Å². The van der Waals surface area contributed by atoms with Gasteiger partial charge in [-0.25, -0.2) is 4.52 Å². The molecule has 0 spiro atoms. The first-order chi connectivity index (χ1) is 6.34. The van der Waals surface area contributed by atoms with Gasteiger partial charge in [-0.15, -0.1) is 16.4 Å². The van der Waals surface area contributed by atoms with E-state index in [-0.39, 0.29) is 0 Å². The molecule has 0 aliphatic rings. The SMILES string of the molecule is Clc1ccc2c(c1)sc1cnnn12. The number of benzene rings is 1. The molecule has 64 valence electrons. The quantitative estimate of drug-likeness (QED) is 0.570. The minimum atomic E-state index is 0.755. The minimum Gasteiger partial charge on any atom is -0.202 e. The normalized spacial score (nSPS) is 11.5. The lowest BCUT2D eigenvalue weighted by molar-refractivity contribution is 0.887. The van der Waals surface area contributed by atoms with E-state index in [1.54, 1.807) is 17.5 Å². The van der Waals surface area contributed by atoms with Gasteiger partial charge < -0.3 is 0 Å². The van der Waals surface area contributed by atoms with Crippen molar-refractivity contribution in [3.8, 4) is 0 Å². The Balaban J connectivity index is 2.59. The van der Waals surface area contributed by atoms with E-state index in [0.717, 1.165) is 20.1 Å². The Labute approximate surface area is 82.6 Å². The Kier molecular flexibility index (Phi) is 1.36. The molecule has 3 aromatic rings. The van der Waals surface area contributed by atoms with E-state index in [1.807, 2.05) is 22.7 Å². The van der Waals surface area contributed by atoms with E-state index >= 15 is 0 Å². The van der Waals surface area contributed by atoms with Gasteiger partial charge in [0.15, 0.2) is 0 Å². The van der Waals surface area contributed by atoms with Gasteiger partial charge in [-0.1, -0.05) is 16.8 Å². The maximum absolute atomic E-state index is 5.87. The largest absolute Gasteiger partial charge is 0.202 e. The van der Waals surface area contributed by atoms with Crippen LogP contribution in [0.15, 0.2) is 24.4 Å². The first kappa shape index (κ1) is 7.29. The standard InChI is InChI=1S/C8H4ClN3S/c9-5-1-2-6-7(3-5)13-8-4-10-11-12(6)8/h1-4H. The molecular formula is C8H4ClN3S. The molecule has 13 heavy (non-hydrogen) atoms. The third kappa shape index (κ3) is 0.959. The number of fused-ring (bicyclic) bond motifs is 3. The monoisotopic (exact) mass is 209 g/mol. The Morgan fingerprint density at radius 3 is 3.23 bits per heavy atom. The minimum absolute atomic E-state index is 0.755. The van der Waals surface area contributed by atoms with E-state index in [0.29, 0.717) is 0 Å². The Morgan fingerprint density at radius 2 is 2.31 bits per heavy atom. The van der Waals surface area contributed by atoms with Crippen LogP contribution in [0.2, 0.25) is 5.02 Å². The number of aromatic nitrogens is 3. The molecule has 0 fully saturated rings. The molecule has 1 aromatic carbocycles. The first-order valence-electron chi connectivity index (χ1n) is 3.73. The fourth-order valence-electron chi connectivity index (χ4n) is 1.32. The summed E-state index contributed by atoms with van der Waals surface area (Å²) in [5.41, 5.74) is 1.06. The summed E-state index contributed by atoms with van der Waals surface area (Å²) in [6.45, 7) is 0. The lowest BCUT2D eigenvalue weighted by Crippen LogP contribution is -1.82. The predicted molar refractivity (Wildman–Crippen MR) is 53.4 cm³/mol. The molecule has 3 nitrogen and oxygen atoms in total. The highest BCUT2D eigenvalue weighted by molar-refractivity contribution is 7.23. The van der Waals surface area contributed by atoms with Gasteiger partial charge in [0.25, 0.3) is 0 Å². The van der Waals surface area contributed by atoms with Crippen molar-refractivity contribution >= 4 is 38.0 Å². The molecular weight excluding hydrogens is 206 g/mol. The van der Waals surface area contributed by atoms with Gasteiger partial charge >= 0.3 is 0 Å². The number of hydrogen-bond acceptors (Lipinski definition) is 3. The summed E-state index contributed by atoms with van der Waals surface area (Å²) in [5.74, 6) is 0. The van der Waals surface area contributed by atoms with Crippen LogP contribution in [0.4, 0.5) is 0 Å². The third-order valence-electron chi connectivity index (χ3n) is 1.88. The van der Waals surface area contributed by atoms with Crippen LogP contribution in [0.25, 0.3) is 15.0 Å². The molecule has 0 N–H and O–H groups in total. The van der Waals surface area contributed by atoms with Crippen LogP contribution in [-0.2, 0) is 0 Å². The molecule has 0 radical (unpaired) electrons. The highest BCUT2D eigenvalue weighted by Crippen LogP contribution is 2.27. The van der Waals surface area contributed by atoms with Gasteiger partial charge in [0.2, 0.25) is 0 Å². The summed E-state index contributed by atoms with van der Waals surface area (Å²) < 4.78 is 2.95. The molecule has 0 unspecified atom stereocenters. The van der Waals surface area contributed by atoms with Gasteiger partial charge in [0.05, 0.1) is 16.4 Å². The second-order valence-corrected chi connectivity index (χ2v) is 4.20. The molecule has 0 bridgehead atoms. The molecule has 2 aromatic heterocycles. The number of rotatable bonds is 0. The summed E-state index contributed by atoms with van der Waals surface area (Å²) in [4.78, 5) is 1.04. The number of nitrogens with zero attached hydrogens (tertiary/aromatic N) is 3. The van der Waals surface area contributed by atoms with Crippen molar-refractivity contribution in [1.29, 1.82) is 0 Å². The van der Waals surface area contributed by atoms with Crippen LogP contribution < -0.4 is 0 Å². The maximum atomic E-state index is 5.87. The lowest BCUT2D eigenvalue weighted by atomic mass is 10.3. The van der Waals surface area contributed by atoms with Crippen LogP contribution in [-0.4, -0.2) is 14.8 Å². The van der Waals surface area contributed by atoms with Gasteiger partial charge in [0, 0.05) is 5.02 Å². The summed E-state index contributed by atoms with van der Waals surface area (Å²) in [6.07, 6.45) is 1.75. The highest BCUT2D eigenvalue weighted by Gasteiger charge is 2.05. The Morgan fingerprint density at radius 1 is 1.38 bits per heavy atom. The fourth-order valence-corrected chi connectivity index (χ4v) is 2.55. The topological polar surface area (TPSA) is 30.2 Å². The third-order valence-corrected chi connectivity index (χ3v) is 3.15. The lowest BCUT2D eigenvalue weighted by Gasteiger charge is -1.89. The zero-order valence-electron chi connectivity index (χ0n) is 6.44. The van der Waals surface area contributed by atoms with Gasteiger partial charge in [-0.2, -0.15) is 0 Å². The summed E-state index contributed by atoms with van der Waals surface area (Å²) in [7, 11) is 0. The molecule has 0 aliphatic carbocycles. The fraction of sp³-hybridized carbons (Fsp3) is 0. The smallest absolute Gasteiger partial charge is 0.140 e. The van der Waals surface area contributed by atoms with Crippen molar-refractivity contribution in [2.75, 3.05) is 0 Å². The van der Waals surface area contributed by atoms with Gasteiger partial charge in [-0.3, -0.25) is 0 Å². The van der Waals surface area contributed by atoms with E-state index in [1.165, 1.54) is 0 Å². The number of halogens is 1. The van der Waals surface area contributed by atoms with Crippen molar-refractivity contribution in [2.24, 2.45) is 0 Å².